The van der Waals surface area contributed by atoms with Crippen molar-refractivity contribution in [2.75, 3.05) is 53.5 Å². The van der Waals surface area contributed by atoms with E-state index < -0.39 is 0 Å². The van der Waals surface area contributed by atoms with Crippen LogP contribution in [0.3, 0.4) is 0 Å². The molecule has 6 nitrogen and oxygen atoms in total. The van der Waals surface area contributed by atoms with Crippen molar-refractivity contribution >= 4 is 29.9 Å². The number of likely N-dealkylation sites (N-methyl/N-ethyl adjacent to an activating group) is 1. The van der Waals surface area contributed by atoms with Gasteiger partial charge in [0.25, 0.3) is 0 Å². The average molecular weight is 478 g/mol. The number of nitrogens with zero attached hydrogens (tertiary/aromatic N) is 2. The SMILES string of the molecule is CCOc1ccc(CCNC(=NC)NCCN(C)CC)cc1OCC.I. The van der Waals surface area contributed by atoms with Crippen LogP contribution < -0.4 is 20.1 Å². The Morgan fingerprint density at radius 2 is 1.69 bits per heavy atom. The average Bonchev–Trinajstić information content (AvgIpc) is 2.62. The van der Waals surface area contributed by atoms with E-state index in [-0.39, 0.29) is 24.0 Å². The Labute approximate surface area is 175 Å². The minimum Gasteiger partial charge on any atom is -0.490 e. The molecule has 7 heteroatoms. The third-order valence-electron chi connectivity index (χ3n) is 3.86. The Kier molecular flexibility index (Phi) is 14.2. The van der Waals surface area contributed by atoms with Crippen LogP contribution in [0.2, 0.25) is 0 Å². The molecule has 0 radical (unpaired) electrons. The third-order valence-corrected chi connectivity index (χ3v) is 3.86. The number of nitrogens with one attached hydrogen (secondary N) is 2. The number of hydrogen-bond acceptors (Lipinski definition) is 4. The summed E-state index contributed by atoms with van der Waals surface area (Å²) >= 11 is 0. The highest BCUT2D eigenvalue weighted by Crippen LogP contribution is 2.28. The van der Waals surface area contributed by atoms with Crippen LogP contribution in [0.1, 0.15) is 26.3 Å². The van der Waals surface area contributed by atoms with Gasteiger partial charge in [0, 0.05) is 26.7 Å². The first-order chi connectivity index (χ1) is 12.1. The number of hydrogen-bond donors (Lipinski definition) is 2. The van der Waals surface area contributed by atoms with Crippen LogP contribution in [-0.2, 0) is 6.42 Å². The molecular weight excluding hydrogens is 443 g/mol. The van der Waals surface area contributed by atoms with Crippen molar-refractivity contribution in [1.29, 1.82) is 0 Å². The number of guanidine groups is 1. The van der Waals surface area contributed by atoms with E-state index in [9.17, 15) is 0 Å². The molecular formula is C19H35IN4O2. The summed E-state index contributed by atoms with van der Waals surface area (Å²) in [6, 6.07) is 6.13. The zero-order chi connectivity index (χ0) is 18.5. The lowest BCUT2D eigenvalue weighted by Crippen LogP contribution is -2.41. The van der Waals surface area contributed by atoms with Gasteiger partial charge in [-0.3, -0.25) is 4.99 Å². The number of halogens is 1. The van der Waals surface area contributed by atoms with Gasteiger partial charge in [-0.1, -0.05) is 13.0 Å². The van der Waals surface area contributed by atoms with Crippen LogP contribution in [0.25, 0.3) is 0 Å². The fraction of sp³-hybridized carbons (Fsp3) is 0.632. The Balaban J connectivity index is 0.00000625. The standard InChI is InChI=1S/C19H34N4O2.HI/c1-6-23(5)14-13-22-19(20-4)21-12-11-16-9-10-17(24-7-2)18(15-16)25-8-3;/h9-10,15H,6-8,11-14H2,1-5H3,(H2,20,21,22);1H. The van der Waals surface area contributed by atoms with Gasteiger partial charge in [-0.2, -0.15) is 0 Å². The van der Waals surface area contributed by atoms with Crippen LogP contribution in [0.15, 0.2) is 23.2 Å². The normalized spacial score (nSPS) is 11.1. The summed E-state index contributed by atoms with van der Waals surface area (Å²) in [5, 5.41) is 6.68. The first-order valence-corrected chi connectivity index (χ1v) is 9.16. The van der Waals surface area contributed by atoms with Gasteiger partial charge in [0.05, 0.1) is 13.2 Å². The van der Waals surface area contributed by atoms with Gasteiger partial charge in [0.2, 0.25) is 0 Å². The smallest absolute Gasteiger partial charge is 0.191 e. The molecule has 26 heavy (non-hydrogen) atoms. The number of benzene rings is 1. The molecule has 1 aromatic rings. The van der Waals surface area contributed by atoms with Gasteiger partial charge in [0.1, 0.15) is 0 Å². The zero-order valence-electron chi connectivity index (χ0n) is 16.8. The van der Waals surface area contributed by atoms with Crippen molar-refractivity contribution < 1.29 is 9.47 Å². The van der Waals surface area contributed by atoms with Crippen LogP contribution in [-0.4, -0.2) is 64.3 Å². The summed E-state index contributed by atoms with van der Waals surface area (Å²) < 4.78 is 11.3. The van der Waals surface area contributed by atoms with Gasteiger partial charge in [-0.25, -0.2) is 0 Å². The van der Waals surface area contributed by atoms with Crippen molar-refractivity contribution in [2.45, 2.75) is 27.2 Å². The molecule has 0 aliphatic rings. The van der Waals surface area contributed by atoms with Crippen molar-refractivity contribution in [3.63, 3.8) is 0 Å². The van der Waals surface area contributed by atoms with Crippen molar-refractivity contribution in [2.24, 2.45) is 4.99 Å². The Hall–Kier alpha value is -1.22. The largest absolute Gasteiger partial charge is 0.490 e. The molecule has 0 atom stereocenters. The number of ether oxygens (including phenoxy) is 2. The molecule has 0 spiro atoms. The van der Waals surface area contributed by atoms with E-state index in [0.29, 0.717) is 13.2 Å². The predicted molar refractivity (Wildman–Crippen MR) is 120 cm³/mol. The molecule has 0 amide bonds. The topological polar surface area (TPSA) is 58.1 Å². The first-order valence-electron chi connectivity index (χ1n) is 9.16. The van der Waals surface area contributed by atoms with Gasteiger partial charge >= 0.3 is 0 Å². The second kappa shape index (κ2) is 14.9. The third kappa shape index (κ3) is 9.47. The van der Waals surface area contributed by atoms with Crippen molar-refractivity contribution in [3.8, 4) is 11.5 Å². The summed E-state index contributed by atoms with van der Waals surface area (Å²) in [7, 11) is 3.91. The summed E-state index contributed by atoms with van der Waals surface area (Å²) in [6.45, 7) is 11.1. The molecule has 150 valence electrons. The van der Waals surface area contributed by atoms with Gasteiger partial charge < -0.3 is 25.0 Å². The lowest BCUT2D eigenvalue weighted by atomic mass is 10.1. The van der Waals surface area contributed by atoms with Gasteiger partial charge in [-0.15, -0.1) is 24.0 Å². The second-order valence-corrected chi connectivity index (χ2v) is 5.72. The molecule has 0 heterocycles. The van der Waals surface area contributed by atoms with Gasteiger partial charge in [0.15, 0.2) is 17.5 Å². The molecule has 0 aliphatic carbocycles. The maximum atomic E-state index is 5.68. The second-order valence-electron chi connectivity index (χ2n) is 5.72. The molecule has 0 bridgehead atoms. The minimum atomic E-state index is 0. The van der Waals surface area contributed by atoms with E-state index >= 15 is 0 Å². The fourth-order valence-electron chi connectivity index (χ4n) is 2.32. The lowest BCUT2D eigenvalue weighted by molar-refractivity contribution is 0.287. The zero-order valence-corrected chi connectivity index (χ0v) is 19.1. The van der Waals surface area contributed by atoms with Crippen LogP contribution >= 0.6 is 24.0 Å². The van der Waals surface area contributed by atoms with Crippen LogP contribution in [0, 0.1) is 0 Å². The summed E-state index contributed by atoms with van der Waals surface area (Å²) in [4.78, 5) is 6.52. The molecule has 0 aliphatic heterocycles. The lowest BCUT2D eigenvalue weighted by Gasteiger charge is -2.16. The highest BCUT2D eigenvalue weighted by atomic mass is 127. The van der Waals surface area contributed by atoms with Gasteiger partial charge in [-0.05, 0) is 51.6 Å². The van der Waals surface area contributed by atoms with E-state index in [1.807, 2.05) is 19.9 Å². The Morgan fingerprint density at radius 1 is 1.04 bits per heavy atom. The highest BCUT2D eigenvalue weighted by Gasteiger charge is 2.06. The molecule has 1 rings (SSSR count). The number of rotatable bonds is 11. The van der Waals surface area contributed by atoms with E-state index in [4.69, 9.17) is 9.47 Å². The molecule has 0 saturated heterocycles. The maximum absolute atomic E-state index is 5.68. The highest BCUT2D eigenvalue weighted by molar-refractivity contribution is 14.0. The summed E-state index contributed by atoms with van der Waals surface area (Å²) in [5.74, 6) is 2.45. The Bertz CT molecular complexity index is 526. The predicted octanol–water partition coefficient (Wildman–Crippen LogP) is 2.76. The van der Waals surface area contributed by atoms with E-state index in [2.05, 4.69) is 46.6 Å². The fourth-order valence-corrected chi connectivity index (χ4v) is 2.32. The number of aliphatic imine (C=N–C) groups is 1. The molecule has 0 unspecified atom stereocenters. The molecule has 0 fully saturated rings. The molecule has 1 aromatic carbocycles. The van der Waals surface area contributed by atoms with Crippen molar-refractivity contribution in [1.82, 2.24) is 15.5 Å². The van der Waals surface area contributed by atoms with Crippen LogP contribution in [0.4, 0.5) is 0 Å². The maximum Gasteiger partial charge on any atom is 0.191 e. The molecule has 2 N–H and O–H groups in total. The van der Waals surface area contributed by atoms with Crippen LogP contribution in [0.5, 0.6) is 11.5 Å². The van der Waals surface area contributed by atoms with E-state index in [0.717, 1.165) is 50.1 Å². The van der Waals surface area contributed by atoms with E-state index in [1.54, 1.807) is 7.05 Å². The summed E-state index contributed by atoms with van der Waals surface area (Å²) in [6.07, 6.45) is 0.891. The molecule has 0 aromatic heterocycles. The Morgan fingerprint density at radius 3 is 2.31 bits per heavy atom. The monoisotopic (exact) mass is 478 g/mol. The minimum absolute atomic E-state index is 0. The quantitative estimate of drug-likeness (QED) is 0.291. The first kappa shape index (κ1) is 24.8. The van der Waals surface area contributed by atoms with Crippen molar-refractivity contribution in [3.05, 3.63) is 23.8 Å². The summed E-state index contributed by atoms with van der Waals surface area (Å²) in [5.41, 5.74) is 1.21. The van der Waals surface area contributed by atoms with E-state index in [1.165, 1.54) is 5.56 Å². The molecule has 0 saturated carbocycles.